The zero-order valence-corrected chi connectivity index (χ0v) is 6.78. The Morgan fingerprint density at radius 3 is 2.86 bits per heavy atom. The fourth-order valence-electron chi connectivity index (χ4n) is 1.20. The lowest BCUT2D eigenvalue weighted by molar-refractivity contribution is 0.0688. The Hall–Kier alpha value is -1.98. The van der Waals surface area contributed by atoms with Gasteiger partial charge in [-0.05, 0) is 0 Å². The highest BCUT2D eigenvalue weighted by atomic mass is 19.1. The molecule has 0 aromatic heterocycles. The molecule has 0 fully saturated rings. The van der Waals surface area contributed by atoms with Gasteiger partial charge in [-0.2, -0.15) is 0 Å². The standard InChI is InChI=1S/C8H5FO5/c9-3-1-4-7(14-2-13-4)5(6(3)10)8(11)12/h1,10H,2H2,(H,11,12). The second kappa shape index (κ2) is 2.76. The van der Waals surface area contributed by atoms with Crippen LogP contribution >= 0.6 is 0 Å². The lowest BCUT2D eigenvalue weighted by Crippen LogP contribution is -2.01. The van der Waals surface area contributed by atoms with E-state index in [1.165, 1.54) is 0 Å². The van der Waals surface area contributed by atoms with Gasteiger partial charge in [-0.15, -0.1) is 0 Å². The molecule has 1 aliphatic heterocycles. The molecule has 0 spiro atoms. The van der Waals surface area contributed by atoms with Gasteiger partial charge in [0.1, 0.15) is 0 Å². The third-order valence-electron chi connectivity index (χ3n) is 1.80. The lowest BCUT2D eigenvalue weighted by Gasteiger charge is -2.04. The molecule has 0 bridgehead atoms. The number of carbonyl (C=O) groups is 1. The van der Waals surface area contributed by atoms with Crippen LogP contribution < -0.4 is 9.47 Å². The molecule has 0 unspecified atom stereocenters. The minimum Gasteiger partial charge on any atom is -0.504 e. The molecule has 1 heterocycles. The lowest BCUT2D eigenvalue weighted by atomic mass is 10.1. The summed E-state index contributed by atoms with van der Waals surface area (Å²) in [6.45, 7) is -0.182. The Morgan fingerprint density at radius 2 is 2.21 bits per heavy atom. The summed E-state index contributed by atoms with van der Waals surface area (Å²) >= 11 is 0. The molecular weight excluding hydrogens is 195 g/mol. The highest BCUT2D eigenvalue weighted by Gasteiger charge is 2.28. The van der Waals surface area contributed by atoms with Crippen molar-refractivity contribution in [3.05, 3.63) is 17.4 Å². The van der Waals surface area contributed by atoms with Gasteiger partial charge in [0.05, 0.1) is 0 Å². The fraction of sp³-hybridized carbons (Fsp3) is 0.125. The number of halogens is 1. The van der Waals surface area contributed by atoms with Crippen molar-refractivity contribution in [1.82, 2.24) is 0 Å². The first-order chi connectivity index (χ1) is 6.61. The average Bonchev–Trinajstić information content (AvgIpc) is 2.52. The molecule has 0 atom stereocenters. The molecule has 5 nitrogen and oxygen atoms in total. The summed E-state index contributed by atoms with van der Waals surface area (Å²) in [6.07, 6.45) is 0. The summed E-state index contributed by atoms with van der Waals surface area (Å²) in [5.41, 5.74) is -0.613. The van der Waals surface area contributed by atoms with Gasteiger partial charge >= 0.3 is 5.97 Å². The van der Waals surface area contributed by atoms with Gasteiger partial charge in [0.2, 0.25) is 6.79 Å². The smallest absolute Gasteiger partial charge is 0.343 e. The van der Waals surface area contributed by atoms with Gasteiger partial charge < -0.3 is 19.7 Å². The van der Waals surface area contributed by atoms with E-state index in [1.807, 2.05) is 0 Å². The summed E-state index contributed by atoms with van der Waals surface area (Å²) in [5.74, 6) is -3.62. The molecule has 2 N–H and O–H groups in total. The molecule has 0 amide bonds. The van der Waals surface area contributed by atoms with Gasteiger partial charge in [0.25, 0.3) is 0 Å². The van der Waals surface area contributed by atoms with Crippen LogP contribution in [-0.4, -0.2) is 23.0 Å². The number of ether oxygens (including phenoxy) is 2. The number of fused-ring (bicyclic) bond motifs is 1. The van der Waals surface area contributed by atoms with Crippen molar-refractivity contribution in [2.24, 2.45) is 0 Å². The van der Waals surface area contributed by atoms with E-state index in [1.54, 1.807) is 0 Å². The summed E-state index contributed by atoms with van der Waals surface area (Å²) in [4.78, 5) is 10.7. The number of hydrogen-bond acceptors (Lipinski definition) is 4. The Labute approximate surface area is 77.3 Å². The Morgan fingerprint density at radius 1 is 1.50 bits per heavy atom. The van der Waals surface area contributed by atoms with Crippen LogP contribution in [0.5, 0.6) is 17.2 Å². The molecule has 1 aromatic rings. The molecule has 2 rings (SSSR count). The molecule has 14 heavy (non-hydrogen) atoms. The van der Waals surface area contributed by atoms with Gasteiger partial charge in [0.15, 0.2) is 28.6 Å². The molecule has 0 radical (unpaired) electrons. The van der Waals surface area contributed by atoms with Crippen molar-refractivity contribution in [2.45, 2.75) is 0 Å². The third kappa shape index (κ3) is 1.04. The maximum atomic E-state index is 12.9. The van der Waals surface area contributed by atoms with Crippen molar-refractivity contribution in [3.63, 3.8) is 0 Å². The predicted octanol–water partition coefficient (Wildman–Crippen LogP) is 0.958. The van der Waals surface area contributed by atoms with Crippen molar-refractivity contribution in [2.75, 3.05) is 6.79 Å². The van der Waals surface area contributed by atoms with Crippen molar-refractivity contribution < 1.29 is 28.9 Å². The summed E-state index contributed by atoms with van der Waals surface area (Å²) < 4.78 is 22.5. The number of benzene rings is 1. The van der Waals surface area contributed by atoms with Gasteiger partial charge in [0, 0.05) is 6.07 Å². The number of hydrogen-bond donors (Lipinski definition) is 2. The number of phenols is 1. The average molecular weight is 200 g/mol. The molecule has 0 aliphatic carbocycles. The molecule has 1 aromatic carbocycles. The van der Waals surface area contributed by atoms with Crippen molar-refractivity contribution in [3.8, 4) is 17.2 Å². The second-order valence-electron chi connectivity index (χ2n) is 2.62. The topological polar surface area (TPSA) is 76.0 Å². The number of rotatable bonds is 1. The monoisotopic (exact) mass is 200 g/mol. The van der Waals surface area contributed by atoms with Gasteiger partial charge in [-0.25, -0.2) is 9.18 Å². The third-order valence-corrected chi connectivity index (χ3v) is 1.80. The van der Waals surface area contributed by atoms with Crippen LogP contribution in [0.1, 0.15) is 10.4 Å². The summed E-state index contributed by atoms with van der Waals surface area (Å²) in [6, 6.07) is 0.879. The van der Waals surface area contributed by atoms with Crippen molar-refractivity contribution >= 4 is 5.97 Å². The van der Waals surface area contributed by atoms with Gasteiger partial charge in [-0.3, -0.25) is 0 Å². The van der Waals surface area contributed by atoms with Crippen LogP contribution in [0.15, 0.2) is 6.07 Å². The highest BCUT2D eigenvalue weighted by Crippen LogP contribution is 2.41. The molecule has 0 saturated heterocycles. The minimum atomic E-state index is -1.47. The predicted molar refractivity (Wildman–Crippen MR) is 41.1 cm³/mol. The van der Waals surface area contributed by atoms with Crippen molar-refractivity contribution in [1.29, 1.82) is 0 Å². The first-order valence-electron chi connectivity index (χ1n) is 3.65. The van der Waals surface area contributed by atoms with Crippen LogP contribution in [0.4, 0.5) is 4.39 Å². The minimum absolute atomic E-state index is 0.0160. The van der Waals surface area contributed by atoms with E-state index in [2.05, 4.69) is 0 Å². The first-order valence-corrected chi connectivity index (χ1v) is 3.65. The number of carboxylic acid groups (broad SMARTS) is 1. The molecular formula is C8H5FO5. The van der Waals surface area contributed by atoms with E-state index in [-0.39, 0.29) is 18.3 Å². The van der Waals surface area contributed by atoms with Crippen LogP contribution in [0.25, 0.3) is 0 Å². The number of carboxylic acids is 1. The summed E-state index contributed by atoms with van der Waals surface area (Å²) in [5, 5.41) is 17.8. The highest BCUT2D eigenvalue weighted by molar-refractivity contribution is 5.95. The van der Waals surface area contributed by atoms with E-state index >= 15 is 0 Å². The normalized spacial score (nSPS) is 12.9. The van der Waals surface area contributed by atoms with E-state index < -0.39 is 23.1 Å². The van der Waals surface area contributed by atoms with Crippen LogP contribution in [0.2, 0.25) is 0 Å². The quantitative estimate of drug-likeness (QED) is 0.706. The Balaban J connectivity index is 2.72. The first kappa shape index (κ1) is 8.61. The molecule has 1 aliphatic rings. The molecule has 0 saturated carbocycles. The zero-order chi connectivity index (χ0) is 10.3. The Kier molecular flexibility index (Phi) is 1.70. The van der Waals surface area contributed by atoms with Crippen LogP contribution in [-0.2, 0) is 0 Å². The second-order valence-corrected chi connectivity index (χ2v) is 2.62. The zero-order valence-electron chi connectivity index (χ0n) is 6.78. The molecule has 6 heteroatoms. The van der Waals surface area contributed by atoms with E-state index in [0.29, 0.717) is 0 Å². The van der Waals surface area contributed by atoms with Gasteiger partial charge in [-0.1, -0.05) is 0 Å². The number of aromatic hydroxyl groups is 1. The fourth-order valence-corrected chi connectivity index (χ4v) is 1.20. The number of aromatic carboxylic acids is 1. The van der Waals surface area contributed by atoms with E-state index in [0.717, 1.165) is 6.07 Å². The van der Waals surface area contributed by atoms with Crippen LogP contribution in [0, 0.1) is 5.82 Å². The largest absolute Gasteiger partial charge is 0.504 e. The summed E-state index contributed by atoms with van der Waals surface area (Å²) in [7, 11) is 0. The van der Waals surface area contributed by atoms with E-state index in [4.69, 9.17) is 19.7 Å². The molecule has 74 valence electrons. The van der Waals surface area contributed by atoms with E-state index in [9.17, 15) is 9.18 Å². The maximum absolute atomic E-state index is 12.9. The SMILES string of the molecule is O=C(O)c1c(O)c(F)cc2c1OCO2. The van der Waals surface area contributed by atoms with Crippen LogP contribution in [0.3, 0.4) is 0 Å². The Bertz CT molecular complexity index is 415. The maximum Gasteiger partial charge on any atom is 0.343 e.